The van der Waals surface area contributed by atoms with Gasteiger partial charge in [0, 0.05) is 6.20 Å². The first kappa shape index (κ1) is 14.4. The molecule has 1 aromatic heterocycles. The maximum Gasteiger partial charge on any atom is 0.255 e. The largest absolute Gasteiger partial charge is 0.453 e. The van der Waals surface area contributed by atoms with Crippen LogP contribution in [0.2, 0.25) is 0 Å². The van der Waals surface area contributed by atoms with Crippen molar-refractivity contribution in [2.45, 2.75) is 33.1 Å². The molecule has 106 valence electrons. The van der Waals surface area contributed by atoms with Crippen LogP contribution < -0.4 is 4.74 Å². The number of hydrogen-bond acceptors (Lipinski definition) is 2. The summed E-state index contributed by atoms with van der Waals surface area (Å²) >= 11 is 0. The molecule has 1 aromatic carbocycles. The first-order chi connectivity index (χ1) is 9.51. The number of hydrogen-bond donors (Lipinski definition) is 0. The quantitative estimate of drug-likeness (QED) is 0.736. The van der Waals surface area contributed by atoms with Gasteiger partial charge in [0.1, 0.15) is 11.6 Å². The average molecular weight is 277 g/mol. The van der Waals surface area contributed by atoms with E-state index in [1.807, 2.05) is 13.8 Å². The Hall–Kier alpha value is -1.97. The number of pyridine rings is 1. The molecule has 1 heterocycles. The van der Waals surface area contributed by atoms with Crippen molar-refractivity contribution in [3.05, 3.63) is 53.4 Å². The van der Waals surface area contributed by atoms with E-state index >= 15 is 0 Å². The van der Waals surface area contributed by atoms with Gasteiger partial charge in [0.2, 0.25) is 0 Å². The zero-order valence-corrected chi connectivity index (χ0v) is 11.8. The molecule has 20 heavy (non-hydrogen) atoms. The predicted molar refractivity (Wildman–Crippen MR) is 74.1 cm³/mol. The molecule has 0 amide bonds. The van der Waals surface area contributed by atoms with Crippen molar-refractivity contribution in [2.24, 2.45) is 0 Å². The van der Waals surface area contributed by atoms with Crippen LogP contribution in [0, 0.1) is 18.7 Å². The van der Waals surface area contributed by atoms with Crippen LogP contribution in [-0.2, 0) is 0 Å². The Kier molecular flexibility index (Phi) is 4.32. The number of ether oxygens (including phenoxy) is 1. The van der Waals surface area contributed by atoms with E-state index in [0.717, 1.165) is 12.0 Å². The standard InChI is InChI=1S/C16H17F2NO/c1-4-11(3)13-8-12(5-6-14(13)17)20-15-7-10(2)9-19-16(15)18/h5-9,11H,4H2,1-3H3/t11-/m0/s1. The van der Waals surface area contributed by atoms with Gasteiger partial charge >= 0.3 is 0 Å². The van der Waals surface area contributed by atoms with Crippen molar-refractivity contribution >= 4 is 0 Å². The number of rotatable bonds is 4. The highest BCUT2D eigenvalue weighted by Crippen LogP contribution is 2.29. The van der Waals surface area contributed by atoms with Crippen LogP contribution in [0.1, 0.15) is 37.3 Å². The number of halogens is 2. The highest BCUT2D eigenvalue weighted by Gasteiger charge is 2.12. The minimum Gasteiger partial charge on any atom is -0.453 e. The lowest BCUT2D eigenvalue weighted by molar-refractivity contribution is 0.426. The van der Waals surface area contributed by atoms with Crippen LogP contribution in [0.25, 0.3) is 0 Å². The molecule has 2 rings (SSSR count). The molecule has 0 fully saturated rings. The molecular weight excluding hydrogens is 260 g/mol. The van der Waals surface area contributed by atoms with Gasteiger partial charge in [-0.05, 0) is 54.7 Å². The summed E-state index contributed by atoms with van der Waals surface area (Å²) in [5.74, 6) is -0.404. The van der Waals surface area contributed by atoms with Crippen LogP contribution in [0.4, 0.5) is 8.78 Å². The second kappa shape index (κ2) is 5.99. The second-order valence-electron chi connectivity index (χ2n) is 4.90. The molecule has 0 radical (unpaired) electrons. The number of nitrogens with zero attached hydrogens (tertiary/aromatic N) is 1. The van der Waals surface area contributed by atoms with Crippen LogP contribution in [0.15, 0.2) is 30.5 Å². The van der Waals surface area contributed by atoms with E-state index in [9.17, 15) is 8.78 Å². The fourth-order valence-corrected chi connectivity index (χ4v) is 1.91. The molecule has 4 heteroatoms. The van der Waals surface area contributed by atoms with Gasteiger partial charge in [-0.15, -0.1) is 0 Å². The molecule has 2 aromatic rings. The molecule has 0 aliphatic carbocycles. The Morgan fingerprint density at radius 1 is 1.25 bits per heavy atom. The summed E-state index contributed by atoms with van der Waals surface area (Å²) in [7, 11) is 0. The van der Waals surface area contributed by atoms with E-state index in [4.69, 9.17) is 4.74 Å². The number of benzene rings is 1. The minimum atomic E-state index is -0.676. The first-order valence-corrected chi connectivity index (χ1v) is 6.60. The van der Waals surface area contributed by atoms with Crippen LogP contribution in [0.3, 0.4) is 0 Å². The van der Waals surface area contributed by atoms with Crippen molar-refractivity contribution in [3.8, 4) is 11.5 Å². The van der Waals surface area contributed by atoms with E-state index < -0.39 is 5.95 Å². The van der Waals surface area contributed by atoms with E-state index in [0.29, 0.717) is 11.3 Å². The molecular formula is C16H17F2NO. The molecule has 0 aliphatic rings. The second-order valence-corrected chi connectivity index (χ2v) is 4.90. The summed E-state index contributed by atoms with van der Waals surface area (Å²) in [6.07, 6.45) is 2.25. The maximum absolute atomic E-state index is 13.7. The van der Waals surface area contributed by atoms with Gasteiger partial charge in [0.05, 0.1) is 0 Å². The van der Waals surface area contributed by atoms with Crippen molar-refractivity contribution in [1.29, 1.82) is 0 Å². The van der Waals surface area contributed by atoms with Crippen LogP contribution in [0.5, 0.6) is 11.5 Å². The lowest BCUT2D eigenvalue weighted by Crippen LogP contribution is -1.98. The first-order valence-electron chi connectivity index (χ1n) is 6.60. The van der Waals surface area contributed by atoms with E-state index in [-0.39, 0.29) is 17.5 Å². The Balaban J connectivity index is 2.32. The van der Waals surface area contributed by atoms with Crippen molar-refractivity contribution in [3.63, 3.8) is 0 Å². The molecule has 1 atom stereocenters. The molecule has 0 unspecified atom stereocenters. The van der Waals surface area contributed by atoms with Crippen LogP contribution >= 0.6 is 0 Å². The Morgan fingerprint density at radius 3 is 2.70 bits per heavy atom. The zero-order chi connectivity index (χ0) is 14.7. The zero-order valence-electron chi connectivity index (χ0n) is 11.8. The van der Waals surface area contributed by atoms with Gasteiger partial charge in [0.25, 0.3) is 5.95 Å². The number of aromatic nitrogens is 1. The Morgan fingerprint density at radius 2 is 2.00 bits per heavy atom. The van der Waals surface area contributed by atoms with Crippen molar-refractivity contribution in [2.75, 3.05) is 0 Å². The summed E-state index contributed by atoms with van der Waals surface area (Å²) in [5, 5.41) is 0. The summed E-state index contributed by atoms with van der Waals surface area (Å²) in [6.45, 7) is 5.73. The normalized spacial score (nSPS) is 12.2. The fraction of sp³-hybridized carbons (Fsp3) is 0.312. The topological polar surface area (TPSA) is 22.1 Å². The predicted octanol–water partition coefficient (Wildman–Crippen LogP) is 4.97. The van der Waals surface area contributed by atoms with Crippen LogP contribution in [-0.4, -0.2) is 4.98 Å². The third-order valence-electron chi connectivity index (χ3n) is 3.28. The number of aryl methyl sites for hydroxylation is 1. The van der Waals surface area contributed by atoms with Gasteiger partial charge in [-0.2, -0.15) is 4.39 Å². The average Bonchev–Trinajstić information content (AvgIpc) is 2.44. The smallest absolute Gasteiger partial charge is 0.255 e. The minimum absolute atomic E-state index is 0.0479. The molecule has 0 saturated heterocycles. The molecule has 0 N–H and O–H groups in total. The lowest BCUT2D eigenvalue weighted by atomic mass is 9.98. The van der Waals surface area contributed by atoms with Crippen molar-refractivity contribution < 1.29 is 13.5 Å². The SMILES string of the molecule is CC[C@H](C)c1cc(Oc2cc(C)cnc2F)ccc1F. The highest BCUT2D eigenvalue weighted by atomic mass is 19.1. The third-order valence-corrected chi connectivity index (χ3v) is 3.28. The molecule has 0 bridgehead atoms. The highest BCUT2D eigenvalue weighted by molar-refractivity contribution is 5.36. The van der Waals surface area contributed by atoms with E-state index in [1.165, 1.54) is 18.3 Å². The summed E-state index contributed by atoms with van der Waals surface area (Å²) < 4.78 is 32.8. The molecule has 2 nitrogen and oxygen atoms in total. The molecule has 0 aliphatic heterocycles. The lowest BCUT2D eigenvalue weighted by Gasteiger charge is -2.13. The van der Waals surface area contributed by atoms with E-state index in [1.54, 1.807) is 19.1 Å². The Labute approximate surface area is 117 Å². The molecule has 0 saturated carbocycles. The summed E-state index contributed by atoms with van der Waals surface area (Å²) in [6, 6.07) is 6.01. The van der Waals surface area contributed by atoms with Gasteiger partial charge in [-0.3, -0.25) is 0 Å². The summed E-state index contributed by atoms with van der Waals surface area (Å²) in [5.41, 5.74) is 1.37. The van der Waals surface area contributed by atoms with Gasteiger partial charge in [-0.25, -0.2) is 9.37 Å². The monoisotopic (exact) mass is 277 g/mol. The molecule has 0 spiro atoms. The fourth-order valence-electron chi connectivity index (χ4n) is 1.91. The third kappa shape index (κ3) is 3.13. The van der Waals surface area contributed by atoms with Gasteiger partial charge in [0.15, 0.2) is 5.75 Å². The van der Waals surface area contributed by atoms with Crippen molar-refractivity contribution in [1.82, 2.24) is 4.98 Å². The van der Waals surface area contributed by atoms with E-state index in [2.05, 4.69) is 4.98 Å². The Bertz CT molecular complexity index is 613. The summed E-state index contributed by atoms with van der Waals surface area (Å²) in [4.78, 5) is 3.60. The van der Waals surface area contributed by atoms with Gasteiger partial charge in [-0.1, -0.05) is 13.8 Å². The maximum atomic E-state index is 13.7. The van der Waals surface area contributed by atoms with Gasteiger partial charge < -0.3 is 4.74 Å².